The molecule has 0 spiro atoms. The van der Waals surface area contributed by atoms with Crippen LogP contribution in [0.3, 0.4) is 0 Å². The standard InChI is InChI=1S/C21H29FN2O3.C20H31N3O4.C5H7FO2.H2S/c1-13-4-19-18-7-17(12-26)16(11-25)6-15(18)2-3-23(19)10-20(13)24-9-14(8-22)5-21(24)27;1-20(2,3)27-19(26)22-17-8-18-15-7-14(11-25)13(10-24)6-12(15)4-5-23(18)9-16(17)21;6-2-4-1-5(7)8-3-4;/h6-7,13-14,19-20,25-26H,2-5,8-12H2,1H3;6-7,16-18,24-25H,4-5,8-11,21H2,1-3H3,(H,22,26);4H,1-3H2;1H2/t13-,14+,19-,20-;16-,17-,18-;4-;/m001./s1. The highest BCUT2D eigenvalue weighted by Crippen LogP contribution is 2.42. The number of aliphatic hydroxyl groups is 4. The van der Waals surface area contributed by atoms with Gasteiger partial charge in [-0.2, -0.15) is 13.5 Å². The van der Waals surface area contributed by atoms with Crippen molar-refractivity contribution in [2.75, 3.05) is 52.7 Å². The summed E-state index contributed by atoms with van der Waals surface area (Å²) >= 11 is 0. The minimum absolute atomic E-state index is 0. The zero-order valence-corrected chi connectivity index (χ0v) is 38.2. The Kier molecular flexibility index (Phi) is 17.8. The van der Waals surface area contributed by atoms with Gasteiger partial charge in [0.25, 0.3) is 0 Å². The lowest BCUT2D eigenvalue weighted by Crippen LogP contribution is -2.60. The van der Waals surface area contributed by atoms with Gasteiger partial charge in [0.1, 0.15) is 5.60 Å². The van der Waals surface area contributed by atoms with Gasteiger partial charge in [-0.15, -0.1) is 0 Å². The van der Waals surface area contributed by atoms with Crippen LogP contribution in [0.2, 0.25) is 0 Å². The quantitative estimate of drug-likeness (QED) is 0.211. The number of carbonyl (C=O) groups excluding carboxylic acids is 3. The van der Waals surface area contributed by atoms with Gasteiger partial charge in [0, 0.05) is 75.1 Å². The number of alkyl halides is 2. The number of cyclic esters (lactones) is 1. The Morgan fingerprint density at radius 2 is 1.33 bits per heavy atom. The zero-order valence-electron chi connectivity index (χ0n) is 37.2. The molecule has 0 radical (unpaired) electrons. The van der Waals surface area contributed by atoms with Crippen LogP contribution in [0.5, 0.6) is 0 Å². The lowest BCUT2D eigenvalue weighted by atomic mass is 9.79. The van der Waals surface area contributed by atoms with Crippen LogP contribution >= 0.6 is 13.5 Å². The van der Waals surface area contributed by atoms with Gasteiger partial charge in [-0.05, 0) is 96.9 Å². The number of halogens is 2. The Balaban J connectivity index is 0.000000199. The monoisotopic (exact) mass is 905 g/mol. The summed E-state index contributed by atoms with van der Waals surface area (Å²) in [6.07, 6.45) is 3.60. The van der Waals surface area contributed by atoms with Crippen LogP contribution in [-0.2, 0) is 58.3 Å². The zero-order chi connectivity index (χ0) is 44.9. The second kappa shape index (κ2) is 22.2. The van der Waals surface area contributed by atoms with Crippen molar-refractivity contribution in [2.45, 2.75) is 128 Å². The molecular weight excluding hydrogens is 837 g/mol. The van der Waals surface area contributed by atoms with Gasteiger partial charge in [-0.3, -0.25) is 28.2 Å². The Hall–Kier alpha value is -3.42. The van der Waals surface area contributed by atoms with Crippen molar-refractivity contribution in [1.82, 2.24) is 20.0 Å². The molecule has 8 rings (SSSR count). The molecule has 0 bridgehead atoms. The van der Waals surface area contributed by atoms with E-state index in [1.165, 1.54) is 16.7 Å². The first-order chi connectivity index (χ1) is 29.6. The summed E-state index contributed by atoms with van der Waals surface area (Å²) < 4.78 is 34.5. The van der Waals surface area contributed by atoms with Crippen molar-refractivity contribution in [2.24, 2.45) is 23.5 Å². The van der Waals surface area contributed by atoms with Crippen LogP contribution in [0, 0.1) is 17.8 Å². The summed E-state index contributed by atoms with van der Waals surface area (Å²) in [6, 6.07) is 8.34. The number of amides is 2. The van der Waals surface area contributed by atoms with E-state index in [1.54, 1.807) is 0 Å². The fraction of sp³-hybridized carbons (Fsp3) is 0.674. The van der Waals surface area contributed by atoms with Crippen molar-refractivity contribution in [3.8, 4) is 0 Å². The lowest BCUT2D eigenvalue weighted by molar-refractivity contribution is -0.138. The van der Waals surface area contributed by atoms with Crippen LogP contribution < -0.4 is 11.1 Å². The maximum atomic E-state index is 13.0. The molecule has 6 aliphatic rings. The third-order valence-corrected chi connectivity index (χ3v) is 13.4. The second-order valence-electron chi connectivity index (χ2n) is 18.9. The SMILES string of the molecule is CC(C)(C)OC(=O)N[C@H]1C[C@H]2c3cc(CO)c(CO)cc3CCN2C[C@@H]1N.C[C@H]1C[C@H]2c3cc(CO)c(CO)cc3CCN2C[C@@H]1N1C[C@@H](CF)CC1=O.O=C1C[C@H](CF)CO1.S. The van der Waals surface area contributed by atoms with Crippen LogP contribution in [0.25, 0.3) is 0 Å². The van der Waals surface area contributed by atoms with Gasteiger partial charge in [-0.1, -0.05) is 31.2 Å². The largest absolute Gasteiger partial charge is 0.465 e. The molecule has 4 saturated heterocycles. The number of carbonyl (C=O) groups is 3. The molecular formula is C46H69F2N5O9S. The maximum absolute atomic E-state index is 13.0. The lowest BCUT2D eigenvalue weighted by Gasteiger charge is -2.49. The number of hydrogen-bond acceptors (Lipinski definition) is 12. The van der Waals surface area contributed by atoms with Crippen LogP contribution in [0.4, 0.5) is 13.6 Å². The highest BCUT2D eigenvalue weighted by molar-refractivity contribution is 7.59. The molecule has 8 atom stereocenters. The number of benzene rings is 2. The molecule has 4 fully saturated rings. The molecule has 0 aliphatic carbocycles. The summed E-state index contributed by atoms with van der Waals surface area (Å²) in [6.45, 7) is 10.7. The third-order valence-electron chi connectivity index (χ3n) is 13.4. The number of nitrogens with two attached hydrogens (primary N) is 1. The van der Waals surface area contributed by atoms with Gasteiger partial charge in [-0.25, -0.2) is 4.79 Å². The van der Waals surface area contributed by atoms with E-state index in [4.69, 9.17) is 10.5 Å². The summed E-state index contributed by atoms with van der Waals surface area (Å²) in [7, 11) is 0. The highest BCUT2D eigenvalue weighted by Gasteiger charge is 2.44. The highest BCUT2D eigenvalue weighted by atomic mass is 32.1. The number of rotatable bonds is 8. The molecule has 2 amide bonds. The average molecular weight is 906 g/mol. The molecule has 352 valence electrons. The van der Waals surface area contributed by atoms with Gasteiger partial charge in [0.15, 0.2) is 0 Å². The second-order valence-corrected chi connectivity index (χ2v) is 18.9. The van der Waals surface area contributed by atoms with E-state index in [1.807, 2.05) is 43.9 Å². The van der Waals surface area contributed by atoms with Gasteiger partial charge in [0.2, 0.25) is 5.91 Å². The minimum atomic E-state index is -0.553. The third kappa shape index (κ3) is 12.1. The van der Waals surface area contributed by atoms with Crippen molar-refractivity contribution >= 4 is 31.5 Å². The van der Waals surface area contributed by atoms with Crippen LogP contribution in [0.1, 0.15) is 110 Å². The van der Waals surface area contributed by atoms with E-state index in [0.717, 1.165) is 66.7 Å². The molecule has 63 heavy (non-hydrogen) atoms. The number of ether oxygens (including phenoxy) is 2. The number of likely N-dealkylation sites (tertiary alicyclic amines) is 1. The molecule has 2 aromatic carbocycles. The summed E-state index contributed by atoms with van der Waals surface area (Å²) in [5, 5.41) is 41.4. The Bertz CT molecular complexity index is 1900. The van der Waals surface area contributed by atoms with Crippen LogP contribution in [0.15, 0.2) is 24.3 Å². The number of nitrogens with one attached hydrogen (secondary N) is 1. The molecule has 6 aliphatic heterocycles. The number of fused-ring (bicyclic) bond motifs is 6. The van der Waals surface area contributed by atoms with E-state index in [-0.39, 0.29) is 107 Å². The Labute approximate surface area is 376 Å². The molecule has 0 saturated carbocycles. The summed E-state index contributed by atoms with van der Waals surface area (Å²) in [4.78, 5) is 41.5. The molecule has 0 unspecified atom stereocenters. The molecule has 6 heterocycles. The number of nitrogens with zero attached hydrogens (tertiary/aromatic N) is 3. The predicted molar refractivity (Wildman–Crippen MR) is 237 cm³/mol. The molecule has 2 aromatic rings. The fourth-order valence-electron chi connectivity index (χ4n) is 10.1. The Morgan fingerprint density at radius 3 is 1.79 bits per heavy atom. The van der Waals surface area contributed by atoms with Gasteiger partial charge < -0.3 is 45.9 Å². The first-order valence-corrected chi connectivity index (χ1v) is 22.1. The molecule has 7 N–H and O–H groups in total. The first-order valence-electron chi connectivity index (χ1n) is 22.1. The number of alkyl carbamates (subject to hydrolysis) is 1. The van der Waals surface area contributed by atoms with E-state index in [2.05, 4.69) is 32.8 Å². The maximum Gasteiger partial charge on any atom is 0.407 e. The summed E-state index contributed by atoms with van der Waals surface area (Å²) in [5.74, 6) is -0.140. The van der Waals surface area contributed by atoms with Crippen molar-refractivity contribution in [3.05, 3.63) is 68.8 Å². The van der Waals surface area contributed by atoms with Gasteiger partial charge in [0.05, 0.1) is 58.8 Å². The van der Waals surface area contributed by atoms with E-state index < -0.39 is 25.0 Å². The smallest absolute Gasteiger partial charge is 0.407 e. The number of hydrogen-bond donors (Lipinski definition) is 6. The summed E-state index contributed by atoms with van der Waals surface area (Å²) in [5.41, 5.74) is 13.8. The molecule has 17 heteroatoms. The van der Waals surface area contributed by atoms with E-state index in [0.29, 0.717) is 31.8 Å². The Morgan fingerprint density at radius 1 is 0.810 bits per heavy atom. The van der Waals surface area contributed by atoms with Crippen molar-refractivity contribution < 1.29 is 53.1 Å². The molecule has 14 nitrogen and oxygen atoms in total. The van der Waals surface area contributed by atoms with E-state index >= 15 is 0 Å². The minimum Gasteiger partial charge on any atom is -0.465 e. The van der Waals surface area contributed by atoms with E-state index in [9.17, 15) is 43.6 Å². The van der Waals surface area contributed by atoms with Gasteiger partial charge >= 0.3 is 12.1 Å². The first kappa shape index (κ1) is 50.6. The van der Waals surface area contributed by atoms with Crippen molar-refractivity contribution in [3.63, 3.8) is 0 Å². The van der Waals surface area contributed by atoms with Crippen LogP contribution in [-0.4, -0.2) is 130 Å². The molecule has 0 aromatic heterocycles. The fourth-order valence-corrected chi connectivity index (χ4v) is 10.1. The number of aliphatic hydroxyl groups excluding tert-OH is 4. The average Bonchev–Trinajstić information content (AvgIpc) is 3.86. The normalized spacial score (nSPS) is 27.8. The number of piperidine rings is 2. The topological polar surface area (TPSA) is 198 Å². The predicted octanol–water partition coefficient (Wildman–Crippen LogP) is 3.62. The van der Waals surface area contributed by atoms with Crippen molar-refractivity contribution in [1.29, 1.82) is 0 Å². The number of esters is 1.